The van der Waals surface area contributed by atoms with E-state index in [9.17, 15) is 14.7 Å². The zero-order chi connectivity index (χ0) is 24.9. The number of nitrogens with zero attached hydrogens (tertiary/aromatic N) is 3. The number of aromatic hydroxyl groups is 1. The molecule has 0 spiro atoms. The average Bonchev–Trinajstić information content (AvgIpc) is 3.38. The molecule has 0 aliphatic carbocycles. The summed E-state index contributed by atoms with van der Waals surface area (Å²) < 4.78 is 12.5. The highest BCUT2D eigenvalue weighted by Crippen LogP contribution is 2.37. The second kappa shape index (κ2) is 10.6. The number of amides is 1. The number of ether oxygens (including phenoxy) is 2. The molecule has 1 atom stereocenters. The second-order valence-electron chi connectivity index (χ2n) is 8.63. The van der Waals surface area contributed by atoms with E-state index >= 15 is 0 Å². The van der Waals surface area contributed by atoms with Crippen molar-refractivity contribution in [2.75, 3.05) is 27.3 Å². The molecule has 8 nitrogen and oxygen atoms in total. The van der Waals surface area contributed by atoms with E-state index in [-0.39, 0.29) is 11.5 Å². The molecule has 1 aliphatic rings. The van der Waals surface area contributed by atoms with Crippen molar-refractivity contribution in [3.05, 3.63) is 75.8 Å². The lowest BCUT2D eigenvalue weighted by Crippen LogP contribution is -2.35. The van der Waals surface area contributed by atoms with Crippen LogP contribution in [0.25, 0.3) is 5.69 Å². The molecule has 0 unspecified atom stereocenters. The van der Waals surface area contributed by atoms with E-state index in [1.165, 1.54) is 18.8 Å². The molecule has 0 bridgehead atoms. The minimum Gasteiger partial charge on any atom is -0.494 e. The number of carbonyl (C=O) groups is 1. The highest BCUT2D eigenvalue weighted by atomic mass is 16.5. The van der Waals surface area contributed by atoms with Gasteiger partial charge in [0.05, 0.1) is 14.2 Å². The fraction of sp³-hybridized carbons (Fsp3) is 0.370. The highest BCUT2D eigenvalue weighted by Gasteiger charge is 2.33. The van der Waals surface area contributed by atoms with Crippen molar-refractivity contribution in [3.8, 4) is 23.1 Å². The van der Waals surface area contributed by atoms with Gasteiger partial charge in [0.25, 0.3) is 11.5 Å². The predicted molar refractivity (Wildman–Crippen MR) is 133 cm³/mol. The summed E-state index contributed by atoms with van der Waals surface area (Å²) in [6.45, 7) is 2.99. The smallest absolute Gasteiger partial charge is 0.289 e. The summed E-state index contributed by atoms with van der Waals surface area (Å²) in [6, 6.07) is 15.2. The number of methoxy groups -OCH3 is 2. The number of para-hydroxylation sites is 1. The number of rotatable bonds is 8. The monoisotopic (exact) mass is 477 g/mol. The molecular formula is C27H31N3O5. The van der Waals surface area contributed by atoms with Crippen LogP contribution in [0.3, 0.4) is 0 Å². The maximum atomic E-state index is 13.5. The Morgan fingerprint density at radius 1 is 1.09 bits per heavy atom. The molecule has 3 aromatic rings. The molecule has 2 aromatic carbocycles. The molecule has 2 heterocycles. The Balaban J connectivity index is 1.80. The highest BCUT2D eigenvalue weighted by molar-refractivity contribution is 5.96. The van der Waals surface area contributed by atoms with Crippen molar-refractivity contribution in [1.29, 1.82) is 0 Å². The third-order valence-corrected chi connectivity index (χ3v) is 6.48. The van der Waals surface area contributed by atoms with E-state index in [4.69, 9.17) is 9.47 Å². The molecule has 35 heavy (non-hydrogen) atoms. The van der Waals surface area contributed by atoms with E-state index in [1.807, 2.05) is 37.3 Å². The maximum Gasteiger partial charge on any atom is 0.289 e. The Labute approximate surface area is 204 Å². The number of carbonyl (C=O) groups excluding carboxylic acids is 1. The number of likely N-dealkylation sites (tertiary alicyclic amines) is 1. The van der Waals surface area contributed by atoms with E-state index in [0.717, 1.165) is 24.8 Å². The summed E-state index contributed by atoms with van der Waals surface area (Å²) in [5.74, 6) is 0.390. The van der Waals surface area contributed by atoms with Crippen LogP contribution in [0.1, 0.15) is 53.8 Å². The van der Waals surface area contributed by atoms with Gasteiger partial charge in [-0.05, 0) is 30.5 Å². The van der Waals surface area contributed by atoms with Crippen LogP contribution in [0.15, 0.2) is 53.3 Å². The van der Waals surface area contributed by atoms with Crippen molar-refractivity contribution >= 4 is 5.91 Å². The van der Waals surface area contributed by atoms with Crippen LogP contribution < -0.4 is 15.0 Å². The van der Waals surface area contributed by atoms with Crippen LogP contribution in [-0.4, -0.2) is 52.8 Å². The molecule has 1 fully saturated rings. The van der Waals surface area contributed by atoms with Gasteiger partial charge in [-0.3, -0.25) is 14.2 Å². The van der Waals surface area contributed by atoms with E-state index in [0.29, 0.717) is 42.5 Å². The van der Waals surface area contributed by atoms with Gasteiger partial charge in [-0.2, -0.15) is 4.98 Å². The number of aromatic nitrogens is 2. The second-order valence-corrected chi connectivity index (χ2v) is 8.63. The first kappa shape index (κ1) is 24.3. The first-order valence-corrected chi connectivity index (χ1v) is 11.9. The number of hydrogen-bond acceptors (Lipinski definition) is 6. The Morgan fingerprint density at radius 2 is 1.77 bits per heavy atom. The van der Waals surface area contributed by atoms with Gasteiger partial charge in [-0.1, -0.05) is 49.7 Å². The molecule has 1 amide bonds. The van der Waals surface area contributed by atoms with Gasteiger partial charge in [-0.25, -0.2) is 0 Å². The van der Waals surface area contributed by atoms with E-state index < -0.39 is 17.3 Å². The molecule has 184 valence electrons. The summed E-state index contributed by atoms with van der Waals surface area (Å²) >= 11 is 0. The topological polar surface area (TPSA) is 93.9 Å². The maximum absolute atomic E-state index is 13.5. The van der Waals surface area contributed by atoms with Crippen LogP contribution in [0.5, 0.6) is 17.4 Å². The van der Waals surface area contributed by atoms with Crippen LogP contribution in [0.2, 0.25) is 0 Å². The van der Waals surface area contributed by atoms with Gasteiger partial charge in [0, 0.05) is 25.4 Å². The van der Waals surface area contributed by atoms with Crippen LogP contribution in [-0.2, 0) is 6.42 Å². The van der Waals surface area contributed by atoms with Crippen molar-refractivity contribution in [1.82, 2.24) is 14.5 Å². The molecular weight excluding hydrogens is 446 g/mol. The van der Waals surface area contributed by atoms with Gasteiger partial charge in [0.2, 0.25) is 5.88 Å². The van der Waals surface area contributed by atoms with Crippen molar-refractivity contribution in [2.24, 2.45) is 0 Å². The van der Waals surface area contributed by atoms with Crippen LogP contribution in [0.4, 0.5) is 0 Å². The molecule has 1 N–H and O–H groups in total. The average molecular weight is 478 g/mol. The normalized spacial score (nSPS) is 15.3. The Kier molecular flexibility index (Phi) is 7.39. The van der Waals surface area contributed by atoms with Gasteiger partial charge in [0.1, 0.15) is 23.0 Å². The number of unbranched alkanes of at least 4 members (excludes halogenated alkanes) is 1. The summed E-state index contributed by atoms with van der Waals surface area (Å²) in [6.07, 6.45) is 2.85. The van der Waals surface area contributed by atoms with Crippen molar-refractivity contribution in [3.63, 3.8) is 0 Å². The quantitative estimate of drug-likeness (QED) is 0.528. The van der Waals surface area contributed by atoms with Crippen LogP contribution in [0, 0.1) is 0 Å². The van der Waals surface area contributed by atoms with Gasteiger partial charge < -0.3 is 19.5 Å². The summed E-state index contributed by atoms with van der Waals surface area (Å²) in [7, 11) is 3.02. The Morgan fingerprint density at radius 3 is 2.40 bits per heavy atom. The fourth-order valence-electron chi connectivity index (χ4n) is 4.63. The SMILES string of the molecule is CCCCc1nc(=O)c(C(=O)N2CC[C@H](c3ccccc3)C2)c(O)n1-c1c(OC)cccc1OC. The number of benzene rings is 2. The first-order valence-electron chi connectivity index (χ1n) is 11.9. The summed E-state index contributed by atoms with van der Waals surface area (Å²) in [4.78, 5) is 32.5. The minimum absolute atomic E-state index is 0.176. The predicted octanol–water partition coefficient (Wildman–Crippen LogP) is 3.93. The van der Waals surface area contributed by atoms with Crippen LogP contribution >= 0.6 is 0 Å². The lowest BCUT2D eigenvalue weighted by atomic mass is 9.99. The summed E-state index contributed by atoms with van der Waals surface area (Å²) in [5, 5.41) is 11.4. The first-order chi connectivity index (χ1) is 17.0. The zero-order valence-corrected chi connectivity index (χ0v) is 20.4. The van der Waals surface area contributed by atoms with E-state index in [2.05, 4.69) is 4.98 Å². The molecule has 0 saturated carbocycles. The van der Waals surface area contributed by atoms with Gasteiger partial charge >= 0.3 is 0 Å². The molecule has 1 aliphatic heterocycles. The summed E-state index contributed by atoms with van der Waals surface area (Å²) in [5.41, 5.74) is 0.473. The lowest BCUT2D eigenvalue weighted by molar-refractivity contribution is 0.0784. The largest absolute Gasteiger partial charge is 0.494 e. The number of hydrogen-bond donors (Lipinski definition) is 1. The fourth-order valence-corrected chi connectivity index (χ4v) is 4.63. The van der Waals surface area contributed by atoms with Gasteiger partial charge in [-0.15, -0.1) is 0 Å². The number of aryl methyl sites for hydroxylation is 1. The Hall–Kier alpha value is -3.81. The molecule has 1 saturated heterocycles. The molecule has 8 heteroatoms. The van der Waals surface area contributed by atoms with E-state index in [1.54, 1.807) is 23.1 Å². The third-order valence-electron chi connectivity index (χ3n) is 6.48. The molecule has 0 radical (unpaired) electrons. The molecule has 1 aromatic heterocycles. The van der Waals surface area contributed by atoms with Crippen molar-refractivity contribution in [2.45, 2.75) is 38.5 Å². The lowest BCUT2D eigenvalue weighted by Gasteiger charge is -2.22. The Bertz CT molecular complexity index is 1230. The minimum atomic E-state index is -0.730. The third kappa shape index (κ3) is 4.73. The zero-order valence-electron chi connectivity index (χ0n) is 20.4. The standard InChI is InChI=1S/C27H31N3O5/c1-4-5-14-22-28-25(31)23(26(32)29-16-15-19(17-29)18-10-7-6-8-11-18)27(33)30(22)24-20(34-2)12-9-13-21(24)35-3/h6-13,19,33H,4-5,14-17H2,1-3H3/t19-/m0/s1. The molecule has 4 rings (SSSR count). The van der Waals surface area contributed by atoms with Gasteiger partial charge in [0.15, 0.2) is 5.56 Å². The van der Waals surface area contributed by atoms with Crippen molar-refractivity contribution < 1.29 is 19.4 Å².